The number of nitrogens with two attached hydrogens (primary N) is 1. The molecule has 1 heterocycles. The Morgan fingerprint density at radius 3 is 2.47 bits per heavy atom. The zero-order valence-electron chi connectivity index (χ0n) is 9.01. The molecule has 2 N–H and O–H groups in total. The van der Waals surface area contributed by atoms with Crippen LogP contribution < -0.4 is 5.14 Å². The average Bonchev–Trinajstić information content (AvgIpc) is 2.14. The van der Waals surface area contributed by atoms with E-state index in [4.69, 9.17) is 5.14 Å². The van der Waals surface area contributed by atoms with Gasteiger partial charge in [-0.1, -0.05) is 6.92 Å². The molecule has 1 amide bonds. The Bertz CT molecular complexity index is 341. The molecule has 6 nitrogen and oxygen atoms in total. The normalized spacial score (nSPS) is 24.2. The molecule has 1 saturated heterocycles. The van der Waals surface area contributed by atoms with E-state index in [1.165, 1.54) is 4.31 Å². The van der Waals surface area contributed by atoms with Gasteiger partial charge < -0.3 is 4.90 Å². The van der Waals surface area contributed by atoms with E-state index in [2.05, 4.69) is 0 Å². The molecule has 0 aliphatic carbocycles. The Morgan fingerprint density at radius 2 is 2.07 bits per heavy atom. The molecule has 0 saturated carbocycles. The zero-order valence-corrected chi connectivity index (χ0v) is 9.83. The highest BCUT2D eigenvalue weighted by molar-refractivity contribution is 7.86. The number of hydrogen-bond acceptors (Lipinski definition) is 3. The third kappa shape index (κ3) is 2.90. The summed E-state index contributed by atoms with van der Waals surface area (Å²) in [5.74, 6) is 0.0518. The van der Waals surface area contributed by atoms with Crippen LogP contribution in [0.2, 0.25) is 0 Å². The van der Waals surface area contributed by atoms with Gasteiger partial charge in [0.15, 0.2) is 0 Å². The number of rotatable bonds is 2. The summed E-state index contributed by atoms with van der Waals surface area (Å²) in [6.45, 7) is 4.67. The van der Waals surface area contributed by atoms with Crippen molar-refractivity contribution in [1.29, 1.82) is 0 Å². The summed E-state index contributed by atoms with van der Waals surface area (Å²) in [6.07, 6.45) is 0.447. The molecule has 15 heavy (non-hydrogen) atoms. The number of hydrogen-bond donors (Lipinski definition) is 1. The first-order valence-electron chi connectivity index (χ1n) is 4.93. The van der Waals surface area contributed by atoms with Crippen LogP contribution in [-0.2, 0) is 15.0 Å². The maximum Gasteiger partial charge on any atom is 0.277 e. The maximum atomic E-state index is 11.4. The largest absolute Gasteiger partial charge is 0.340 e. The van der Waals surface area contributed by atoms with E-state index in [1.807, 2.05) is 0 Å². The molecule has 0 spiro atoms. The summed E-state index contributed by atoms with van der Waals surface area (Å²) in [5.41, 5.74) is 0. The lowest BCUT2D eigenvalue weighted by Crippen LogP contribution is -2.56. The van der Waals surface area contributed by atoms with Crippen LogP contribution in [0, 0.1) is 0 Å². The number of carbonyl (C=O) groups is 1. The second kappa shape index (κ2) is 4.46. The van der Waals surface area contributed by atoms with Gasteiger partial charge in [0.25, 0.3) is 10.2 Å². The van der Waals surface area contributed by atoms with Crippen molar-refractivity contribution < 1.29 is 13.2 Å². The number of nitrogens with zero attached hydrogens (tertiary/aromatic N) is 2. The summed E-state index contributed by atoms with van der Waals surface area (Å²) in [4.78, 5) is 13.1. The van der Waals surface area contributed by atoms with E-state index < -0.39 is 10.2 Å². The smallest absolute Gasteiger partial charge is 0.277 e. The fraction of sp³-hybridized carbons (Fsp3) is 0.875. The topological polar surface area (TPSA) is 83.7 Å². The number of piperazine rings is 1. The zero-order chi connectivity index (χ0) is 11.6. The van der Waals surface area contributed by atoms with Crippen molar-refractivity contribution in [3.8, 4) is 0 Å². The van der Waals surface area contributed by atoms with Crippen molar-refractivity contribution in [1.82, 2.24) is 9.21 Å². The molecule has 0 aromatic carbocycles. The molecule has 7 heteroatoms. The molecule has 1 fully saturated rings. The van der Waals surface area contributed by atoms with E-state index in [9.17, 15) is 13.2 Å². The van der Waals surface area contributed by atoms with Gasteiger partial charge in [-0.15, -0.1) is 0 Å². The van der Waals surface area contributed by atoms with Gasteiger partial charge in [-0.2, -0.15) is 12.7 Å². The molecule has 0 bridgehead atoms. The van der Waals surface area contributed by atoms with E-state index in [1.54, 1.807) is 18.7 Å². The molecule has 88 valence electrons. The molecule has 1 rings (SSSR count). The van der Waals surface area contributed by atoms with E-state index in [0.29, 0.717) is 19.5 Å². The summed E-state index contributed by atoms with van der Waals surface area (Å²) < 4.78 is 23.5. The molecule has 1 aliphatic heterocycles. The van der Waals surface area contributed by atoms with Crippen molar-refractivity contribution in [2.75, 3.05) is 19.6 Å². The molecule has 0 aromatic heterocycles. The highest BCUT2D eigenvalue weighted by Crippen LogP contribution is 2.12. The van der Waals surface area contributed by atoms with Gasteiger partial charge >= 0.3 is 0 Å². The second-order valence-corrected chi connectivity index (χ2v) is 5.20. The van der Waals surface area contributed by atoms with Gasteiger partial charge in [-0.05, 0) is 6.92 Å². The molecule has 1 aliphatic rings. The summed E-state index contributed by atoms with van der Waals surface area (Å²) in [7, 11) is -3.64. The van der Waals surface area contributed by atoms with Crippen LogP contribution in [0.4, 0.5) is 0 Å². The number of carbonyl (C=O) groups excluding carboxylic acids is 1. The standard InChI is InChI=1S/C8H17N3O3S/c1-3-8(12)10-4-5-11(7(2)6-10)15(9,13)14/h7H,3-6H2,1-2H3,(H2,9,13,14). The summed E-state index contributed by atoms with van der Waals surface area (Å²) >= 11 is 0. The molecular weight excluding hydrogens is 218 g/mol. The predicted octanol–water partition coefficient (Wildman–Crippen LogP) is -0.867. The lowest BCUT2D eigenvalue weighted by Gasteiger charge is -2.37. The fourth-order valence-corrected chi connectivity index (χ4v) is 2.67. The van der Waals surface area contributed by atoms with E-state index >= 15 is 0 Å². The third-order valence-electron chi connectivity index (χ3n) is 2.55. The molecule has 0 radical (unpaired) electrons. The Balaban J connectivity index is 2.67. The van der Waals surface area contributed by atoms with Crippen molar-refractivity contribution in [3.63, 3.8) is 0 Å². The summed E-state index contributed by atoms with van der Waals surface area (Å²) in [5, 5.41) is 5.05. The molecule has 1 unspecified atom stereocenters. The maximum absolute atomic E-state index is 11.4. The molecule has 1 atom stereocenters. The monoisotopic (exact) mass is 235 g/mol. The van der Waals surface area contributed by atoms with Crippen molar-refractivity contribution >= 4 is 16.1 Å². The first kappa shape index (κ1) is 12.4. The SMILES string of the molecule is CCC(=O)N1CCN(S(N)(=O)=O)C(C)C1. The average molecular weight is 235 g/mol. The van der Waals surface area contributed by atoms with Crippen LogP contribution in [0.15, 0.2) is 0 Å². The Morgan fingerprint density at radius 1 is 1.47 bits per heavy atom. The van der Waals surface area contributed by atoms with Gasteiger partial charge in [0, 0.05) is 32.1 Å². The Kier molecular flexibility index (Phi) is 3.69. The fourth-order valence-electron chi connectivity index (χ4n) is 1.77. The lowest BCUT2D eigenvalue weighted by atomic mass is 10.2. The number of amides is 1. The highest BCUT2D eigenvalue weighted by Gasteiger charge is 2.31. The van der Waals surface area contributed by atoms with Gasteiger partial charge in [0.1, 0.15) is 0 Å². The quantitative estimate of drug-likeness (QED) is 0.675. The minimum atomic E-state index is -3.64. The molecular formula is C8H17N3O3S. The van der Waals surface area contributed by atoms with Crippen LogP contribution >= 0.6 is 0 Å². The van der Waals surface area contributed by atoms with Crippen molar-refractivity contribution in [2.24, 2.45) is 5.14 Å². The van der Waals surface area contributed by atoms with Crippen LogP contribution in [-0.4, -0.2) is 49.2 Å². The van der Waals surface area contributed by atoms with Crippen LogP contribution in [0.3, 0.4) is 0 Å². The van der Waals surface area contributed by atoms with Gasteiger partial charge in [0.2, 0.25) is 5.91 Å². The summed E-state index contributed by atoms with van der Waals surface area (Å²) in [6, 6.07) is -0.246. The van der Waals surface area contributed by atoms with Gasteiger partial charge in [-0.3, -0.25) is 4.79 Å². The first-order chi connectivity index (χ1) is 6.86. The molecule has 0 aromatic rings. The third-order valence-corrected chi connectivity index (χ3v) is 3.74. The van der Waals surface area contributed by atoms with E-state index in [-0.39, 0.29) is 18.5 Å². The Labute approximate surface area is 90.2 Å². The minimum Gasteiger partial charge on any atom is -0.340 e. The van der Waals surface area contributed by atoms with Gasteiger partial charge in [0.05, 0.1) is 0 Å². The second-order valence-electron chi connectivity index (χ2n) is 3.70. The minimum absolute atomic E-state index is 0.0518. The van der Waals surface area contributed by atoms with Crippen molar-refractivity contribution in [2.45, 2.75) is 26.3 Å². The van der Waals surface area contributed by atoms with E-state index in [0.717, 1.165) is 0 Å². The van der Waals surface area contributed by atoms with Crippen LogP contribution in [0.25, 0.3) is 0 Å². The van der Waals surface area contributed by atoms with Crippen LogP contribution in [0.5, 0.6) is 0 Å². The predicted molar refractivity (Wildman–Crippen MR) is 56.1 cm³/mol. The first-order valence-corrected chi connectivity index (χ1v) is 6.44. The highest BCUT2D eigenvalue weighted by atomic mass is 32.2. The van der Waals surface area contributed by atoms with Gasteiger partial charge in [-0.25, -0.2) is 5.14 Å². The Hall–Kier alpha value is -0.660. The van der Waals surface area contributed by atoms with Crippen LogP contribution in [0.1, 0.15) is 20.3 Å². The van der Waals surface area contributed by atoms with Crippen molar-refractivity contribution in [3.05, 3.63) is 0 Å². The lowest BCUT2D eigenvalue weighted by molar-refractivity contribution is -0.132.